The van der Waals surface area contributed by atoms with Crippen molar-refractivity contribution in [3.8, 4) is 0 Å². The lowest BCUT2D eigenvalue weighted by molar-refractivity contribution is -0.121. The fourth-order valence-corrected chi connectivity index (χ4v) is 3.71. The number of ether oxygens (including phenoxy) is 1. The minimum Gasteiger partial charge on any atom is -0.379 e. The summed E-state index contributed by atoms with van der Waals surface area (Å²) in [4.78, 5) is 17.0. The van der Waals surface area contributed by atoms with Crippen LogP contribution >= 0.6 is 11.6 Å². The molecule has 0 aromatic heterocycles. The van der Waals surface area contributed by atoms with Crippen molar-refractivity contribution in [2.75, 3.05) is 52.5 Å². The van der Waals surface area contributed by atoms with Crippen LogP contribution in [-0.2, 0) is 9.53 Å². The van der Waals surface area contributed by atoms with Crippen LogP contribution in [0.25, 0.3) is 0 Å². The maximum atomic E-state index is 12.3. The SMILES string of the molecule is O=C(CCN1CCOCC1)NCC(c1ccc(Cl)cc1)N1CCCC1. The Balaban J connectivity index is 1.51. The molecule has 0 bridgehead atoms. The van der Waals surface area contributed by atoms with Crippen molar-refractivity contribution in [3.05, 3.63) is 34.9 Å². The van der Waals surface area contributed by atoms with Crippen LogP contribution < -0.4 is 5.32 Å². The number of rotatable bonds is 7. The summed E-state index contributed by atoms with van der Waals surface area (Å²) in [7, 11) is 0. The van der Waals surface area contributed by atoms with E-state index in [9.17, 15) is 4.79 Å². The Morgan fingerprint density at radius 2 is 1.80 bits per heavy atom. The van der Waals surface area contributed by atoms with Crippen LogP contribution in [0, 0.1) is 0 Å². The summed E-state index contributed by atoms with van der Waals surface area (Å²) in [6.45, 7) is 7.05. The minimum absolute atomic E-state index is 0.129. The van der Waals surface area contributed by atoms with Crippen LogP contribution in [0.1, 0.15) is 30.9 Å². The van der Waals surface area contributed by atoms with Gasteiger partial charge >= 0.3 is 0 Å². The zero-order valence-electron chi connectivity index (χ0n) is 14.8. The lowest BCUT2D eigenvalue weighted by atomic mass is 10.1. The van der Waals surface area contributed by atoms with Crippen molar-refractivity contribution in [1.82, 2.24) is 15.1 Å². The molecule has 1 N–H and O–H groups in total. The van der Waals surface area contributed by atoms with Crippen molar-refractivity contribution in [2.24, 2.45) is 0 Å². The van der Waals surface area contributed by atoms with Gasteiger partial charge in [0.05, 0.1) is 19.3 Å². The van der Waals surface area contributed by atoms with E-state index in [1.165, 1.54) is 18.4 Å². The van der Waals surface area contributed by atoms with Crippen LogP contribution in [0.15, 0.2) is 24.3 Å². The molecule has 6 heteroatoms. The van der Waals surface area contributed by atoms with Gasteiger partial charge in [-0.2, -0.15) is 0 Å². The molecule has 2 heterocycles. The average molecular weight is 366 g/mol. The Kier molecular flexibility index (Phi) is 7.11. The highest BCUT2D eigenvalue weighted by Gasteiger charge is 2.24. The summed E-state index contributed by atoms with van der Waals surface area (Å²) in [5, 5.41) is 3.89. The number of carbonyl (C=O) groups excluding carboxylic acids is 1. The van der Waals surface area contributed by atoms with Crippen molar-refractivity contribution in [3.63, 3.8) is 0 Å². The summed E-state index contributed by atoms with van der Waals surface area (Å²) in [5.41, 5.74) is 1.22. The molecule has 138 valence electrons. The van der Waals surface area contributed by atoms with E-state index in [1.807, 2.05) is 12.1 Å². The molecule has 0 aliphatic carbocycles. The highest BCUT2D eigenvalue weighted by atomic mass is 35.5. The van der Waals surface area contributed by atoms with Gasteiger partial charge in [-0.05, 0) is 43.6 Å². The predicted octanol–water partition coefficient (Wildman–Crippen LogP) is 2.32. The topological polar surface area (TPSA) is 44.8 Å². The number of nitrogens with zero attached hydrogens (tertiary/aromatic N) is 2. The van der Waals surface area contributed by atoms with Crippen LogP contribution in [0.2, 0.25) is 5.02 Å². The molecule has 1 atom stereocenters. The number of benzene rings is 1. The highest BCUT2D eigenvalue weighted by molar-refractivity contribution is 6.30. The lowest BCUT2D eigenvalue weighted by Crippen LogP contribution is -2.40. The second kappa shape index (κ2) is 9.53. The van der Waals surface area contributed by atoms with Gasteiger partial charge in [-0.25, -0.2) is 0 Å². The van der Waals surface area contributed by atoms with Gasteiger partial charge in [0.25, 0.3) is 0 Å². The van der Waals surface area contributed by atoms with E-state index >= 15 is 0 Å². The Labute approximate surface area is 155 Å². The second-order valence-corrected chi connectivity index (χ2v) is 7.25. The molecule has 2 aliphatic heterocycles. The largest absolute Gasteiger partial charge is 0.379 e. The van der Waals surface area contributed by atoms with Crippen molar-refractivity contribution in [1.29, 1.82) is 0 Å². The standard InChI is InChI=1S/C19H28ClN3O2/c20-17-5-3-16(4-6-17)18(23-8-1-2-9-23)15-21-19(24)7-10-22-11-13-25-14-12-22/h3-6,18H,1-2,7-15H2,(H,21,24). The van der Waals surface area contributed by atoms with Gasteiger partial charge in [-0.3, -0.25) is 14.6 Å². The maximum Gasteiger partial charge on any atom is 0.221 e. The molecule has 3 rings (SSSR count). The van der Waals surface area contributed by atoms with Gasteiger partial charge in [0.2, 0.25) is 5.91 Å². The third-order valence-corrected chi connectivity index (χ3v) is 5.34. The molecule has 0 spiro atoms. The number of amides is 1. The quantitative estimate of drug-likeness (QED) is 0.805. The Morgan fingerprint density at radius 1 is 1.12 bits per heavy atom. The van der Waals surface area contributed by atoms with E-state index in [2.05, 4.69) is 27.2 Å². The van der Waals surface area contributed by atoms with Crippen molar-refractivity contribution >= 4 is 17.5 Å². The lowest BCUT2D eigenvalue weighted by Gasteiger charge is -2.29. The summed E-state index contributed by atoms with van der Waals surface area (Å²) < 4.78 is 5.34. The third-order valence-electron chi connectivity index (χ3n) is 5.09. The van der Waals surface area contributed by atoms with Gasteiger partial charge in [-0.1, -0.05) is 23.7 Å². The van der Waals surface area contributed by atoms with Crippen LogP contribution in [0.5, 0.6) is 0 Å². The van der Waals surface area contributed by atoms with Gasteiger partial charge in [0.1, 0.15) is 0 Å². The van der Waals surface area contributed by atoms with Gasteiger partial charge in [0.15, 0.2) is 0 Å². The number of nitrogens with one attached hydrogen (secondary N) is 1. The molecule has 1 amide bonds. The van der Waals surface area contributed by atoms with E-state index < -0.39 is 0 Å². The minimum atomic E-state index is 0.129. The molecule has 1 unspecified atom stereocenters. The van der Waals surface area contributed by atoms with E-state index in [0.717, 1.165) is 51.0 Å². The van der Waals surface area contributed by atoms with Gasteiger partial charge in [-0.15, -0.1) is 0 Å². The molecule has 1 aromatic carbocycles. The van der Waals surface area contributed by atoms with E-state index in [4.69, 9.17) is 16.3 Å². The van der Waals surface area contributed by atoms with E-state index in [-0.39, 0.29) is 11.9 Å². The molecule has 0 saturated carbocycles. The smallest absolute Gasteiger partial charge is 0.221 e. The van der Waals surface area contributed by atoms with E-state index in [0.29, 0.717) is 13.0 Å². The molecule has 0 radical (unpaired) electrons. The second-order valence-electron chi connectivity index (χ2n) is 6.82. The summed E-state index contributed by atoms with van der Waals surface area (Å²) in [6.07, 6.45) is 3.01. The molecule has 2 saturated heterocycles. The first kappa shape index (κ1) is 18.6. The average Bonchev–Trinajstić information content (AvgIpc) is 3.17. The van der Waals surface area contributed by atoms with Gasteiger partial charge in [0, 0.05) is 37.6 Å². The van der Waals surface area contributed by atoms with Gasteiger partial charge < -0.3 is 10.1 Å². The zero-order valence-corrected chi connectivity index (χ0v) is 15.5. The van der Waals surface area contributed by atoms with E-state index in [1.54, 1.807) is 0 Å². The fraction of sp³-hybridized carbons (Fsp3) is 0.632. The summed E-state index contributed by atoms with van der Waals surface area (Å²) in [5.74, 6) is 0.129. The summed E-state index contributed by atoms with van der Waals surface area (Å²) >= 11 is 6.02. The number of morpholine rings is 1. The number of hydrogen-bond donors (Lipinski definition) is 1. The monoisotopic (exact) mass is 365 g/mol. The molecule has 2 fully saturated rings. The normalized spacial score (nSPS) is 20.5. The number of likely N-dealkylation sites (tertiary alicyclic amines) is 1. The Morgan fingerprint density at radius 3 is 2.48 bits per heavy atom. The summed E-state index contributed by atoms with van der Waals surface area (Å²) in [6, 6.07) is 8.24. The third kappa shape index (κ3) is 5.68. The first-order valence-corrected chi connectivity index (χ1v) is 9.66. The van der Waals surface area contributed by atoms with Crippen LogP contribution in [-0.4, -0.2) is 68.2 Å². The molecule has 25 heavy (non-hydrogen) atoms. The van der Waals surface area contributed by atoms with Crippen molar-refractivity contribution in [2.45, 2.75) is 25.3 Å². The molecule has 2 aliphatic rings. The number of hydrogen-bond acceptors (Lipinski definition) is 4. The highest BCUT2D eigenvalue weighted by Crippen LogP contribution is 2.25. The van der Waals surface area contributed by atoms with Crippen LogP contribution in [0.4, 0.5) is 0 Å². The number of halogens is 1. The molecular weight excluding hydrogens is 338 g/mol. The molecule has 1 aromatic rings. The zero-order chi connectivity index (χ0) is 17.5. The first-order valence-electron chi connectivity index (χ1n) is 9.29. The van der Waals surface area contributed by atoms with Crippen molar-refractivity contribution < 1.29 is 9.53 Å². The predicted molar refractivity (Wildman–Crippen MR) is 99.9 cm³/mol. The molecular formula is C19H28ClN3O2. The molecule has 5 nitrogen and oxygen atoms in total. The maximum absolute atomic E-state index is 12.3. The Bertz CT molecular complexity index is 540. The number of carbonyl (C=O) groups is 1. The Hall–Kier alpha value is -1.14. The fourth-order valence-electron chi connectivity index (χ4n) is 3.58. The van der Waals surface area contributed by atoms with Crippen LogP contribution in [0.3, 0.4) is 0 Å². The first-order chi connectivity index (χ1) is 12.2.